The average molecular weight is 444 g/mol. The van der Waals surface area contributed by atoms with Gasteiger partial charge in [-0.05, 0) is 50.1 Å². The lowest BCUT2D eigenvalue weighted by Crippen LogP contribution is -2.24. The number of anilines is 1. The highest BCUT2D eigenvalue weighted by Crippen LogP contribution is 2.34. The number of amides is 1. The highest BCUT2D eigenvalue weighted by molar-refractivity contribution is 5.96. The lowest BCUT2D eigenvalue weighted by molar-refractivity contribution is -0.117. The van der Waals surface area contributed by atoms with Crippen LogP contribution in [0.3, 0.4) is 0 Å². The molecule has 1 N–H and O–H groups in total. The molecule has 2 fully saturated rings. The molecule has 0 bridgehead atoms. The van der Waals surface area contributed by atoms with E-state index in [1.165, 1.54) is 12.8 Å². The van der Waals surface area contributed by atoms with E-state index < -0.39 is 0 Å². The second kappa shape index (κ2) is 7.72. The first-order chi connectivity index (χ1) is 16.1. The van der Waals surface area contributed by atoms with Gasteiger partial charge in [-0.25, -0.2) is 4.79 Å². The van der Waals surface area contributed by atoms with E-state index in [1.54, 1.807) is 4.90 Å². The number of benzene rings is 2. The molecule has 6 rings (SSSR count). The lowest BCUT2D eigenvalue weighted by Gasteiger charge is -2.16. The third-order valence-electron chi connectivity index (χ3n) is 6.93. The molecule has 2 aromatic carbocycles. The van der Waals surface area contributed by atoms with Crippen LogP contribution in [0.15, 0.2) is 51.8 Å². The molecular weight excluding hydrogens is 418 g/mol. The van der Waals surface area contributed by atoms with Gasteiger partial charge in [-0.15, -0.1) is 0 Å². The van der Waals surface area contributed by atoms with Crippen LogP contribution in [0.5, 0.6) is 0 Å². The molecule has 1 atom stereocenters. The second-order valence-electron chi connectivity index (χ2n) is 9.17. The number of hydrogen-bond donors (Lipinski definition) is 1. The molecule has 1 unspecified atom stereocenters. The summed E-state index contributed by atoms with van der Waals surface area (Å²) in [6.45, 7) is 2.54. The van der Waals surface area contributed by atoms with E-state index in [9.17, 15) is 9.59 Å². The molecule has 1 amide bonds. The van der Waals surface area contributed by atoms with E-state index >= 15 is 0 Å². The summed E-state index contributed by atoms with van der Waals surface area (Å²) in [5.74, 6) is 0.829. The van der Waals surface area contributed by atoms with E-state index in [-0.39, 0.29) is 23.6 Å². The Bertz CT molecular complexity index is 1390. The largest absolute Gasteiger partial charge is 0.339 e. The second-order valence-corrected chi connectivity index (χ2v) is 9.17. The van der Waals surface area contributed by atoms with Crippen LogP contribution in [0.2, 0.25) is 0 Å². The fraction of sp³-hybridized carbons (Fsp3) is 0.360. The topological polar surface area (TPSA) is 97.0 Å². The zero-order valence-corrected chi connectivity index (χ0v) is 18.5. The number of aryl methyl sites for hydroxylation is 1. The minimum Gasteiger partial charge on any atom is -0.339 e. The number of carbonyl (C=O) groups excluding carboxylic acids is 1. The van der Waals surface area contributed by atoms with Gasteiger partial charge in [-0.1, -0.05) is 35.7 Å². The van der Waals surface area contributed by atoms with Crippen LogP contribution in [-0.2, 0) is 4.79 Å². The fourth-order valence-corrected chi connectivity index (χ4v) is 5.16. The van der Waals surface area contributed by atoms with Crippen molar-refractivity contribution >= 4 is 22.6 Å². The van der Waals surface area contributed by atoms with Gasteiger partial charge in [-0.2, -0.15) is 4.98 Å². The predicted octanol–water partition coefficient (Wildman–Crippen LogP) is 4.32. The van der Waals surface area contributed by atoms with Crippen LogP contribution in [-0.4, -0.2) is 32.1 Å². The summed E-state index contributed by atoms with van der Waals surface area (Å²) in [6, 6.07) is 14.0. The Balaban J connectivity index is 1.26. The van der Waals surface area contributed by atoms with Gasteiger partial charge in [0.15, 0.2) is 0 Å². The van der Waals surface area contributed by atoms with Crippen molar-refractivity contribution in [1.29, 1.82) is 0 Å². The van der Waals surface area contributed by atoms with Gasteiger partial charge in [0, 0.05) is 30.3 Å². The first kappa shape index (κ1) is 20.0. The number of fused-ring (bicyclic) bond motifs is 1. The molecule has 8 heteroatoms. The zero-order chi connectivity index (χ0) is 22.5. The Morgan fingerprint density at radius 2 is 1.85 bits per heavy atom. The van der Waals surface area contributed by atoms with Crippen molar-refractivity contribution in [1.82, 2.24) is 19.7 Å². The monoisotopic (exact) mass is 443 g/mol. The highest BCUT2D eigenvalue weighted by Gasteiger charge is 2.35. The minimum absolute atomic E-state index is 0.0517. The summed E-state index contributed by atoms with van der Waals surface area (Å²) in [7, 11) is 0. The molecule has 0 radical (unpaired) electrons. The molecule has 168 valence electrons. The first-order valence-corrected chi connectivity index (χ1v) is 11.5. The first-order valence-electron chi connectivity index (χ1n) is 11.5. The van der Waals surface area contributed by atoms with Gasteiger partial charge in [0.1, 0.15) is 0 Å². The summed E-state index contributed by atoms with van der Waals surface area (Å²) in [4.78, 5) is 34.5. The summed E-state index contributed by atoms with van der Waals surface area (Å²) in [5, 5.41) is 4.16. The predicted molar refractivity (Wildman–Crippen MR) is 124 cm³/mol. The van der Waals surface area contributed by atoms with Gasteiger partial charge in [0.2, 0.25) is 17.6 Å². The van der Waals surface area contributed by atoms with Crippen molar-refractivity contribution in [2.24, 2.45) is 0 Å². The molecule has 4 aromatic rings. The van der Waals surface area contributed by atoms with Crippen molar-refractivity contribution in [3.8, 4) is 11.4 Å². The van der Waals surface area contributed by atoms with Crippen LogP contribution in [0.4, 0.5) is 5.69 Å². The molecule has 1 aliphatic heterocycles. The van der Waals surface area contributed by atoms with Gasteiger partial charge in [0.25, 0.3) is 0 Å². The summed E-state index contributed by atoms with van der Waals surface area (Å²) >= 11 is 0. The lowest BCUT2D eigenvalue weighted by atomic mass is 10.1. The molecule has 0 spiro atoms. The number of H-pyrrole nitrogens is 1. The van der Waals surface area contributed by atoms with Crippen molar-refractivity contribution < 1.29 is 9.32 Å². The summed E-state index contributed by atoms with van der Waals surface area (Å²) in [5.41, 5.74) is 4.43. The molecule has 1 saturated carbocycles. The van der Waals surface area contributed by atoms with Gasteiger partial charge >= 0.3 is 5.69 Å². The third-order valence-corrected chi connectivity index (χ3v) is 6.93. The Morgan fingerprint density at radius 3 is 2.64 bits per heavy atom. The van der Waals surface area contributed by atoms with Crippen molar-refractivity contribution in [2.45, 2.75) is 51.0 Å². The van der Waals surface area contributed by atoms with Crippen molar-refractivity contribution in [3.63, 3.8) is 0 Å². The maximum absolute atomic E-state index is 12.6. The number of aromatic nitrogens is 4. The maximum atomic E-state index is 12.6. The normalized spacial score (nSPS) is 19.2. The number of nitrogens with one attached hydrogen (secondary N) is 1. The molecule has 2 aromatic heterocycles. The number of rotatable bonds is 4. The Labute approximate surface area is 190 Å². The molecule has 3 heterocycles. The van der Waals surface area contributed by atoms with Gasteiger partial charge in [0.05, 0.1) is 17.0 Å². The van der Waals surface area contributed by atoms with Gasteiger partial charge < -0.3 is 14.4 Å². The summed E-state index contributed by atoms with van der Waals surface area (Å²) < 4.78 is 7.45. The van der Waals surface area contributed by atoms with E-state index in [2.05, 4.69) is 15.1 Å². The molecule has 1 saturated heterocycles. The molecule has 2 aliphatic rings. The number of nitrogens with zero attached hydrogens (tertiary/aromatic N) is 4. The maximum Gasteiger partial charge on any atom is 0.326 e. The number of hydrogen-bond acceptors (Lipinski definition) is 5. The molecular formula is C25H25N5O3. The van der Waals surface area contributed by atoms with Crippen molar-refractivity contribution in [2.75, 3.05) is 11.4 Å². The Morgan fingerprint density at radius 1 is 1.06 bits per heavy atom. The van der Waals surface area contributed by atoms with E-state index in [0.29, 0.717) is 24.7 Å². The van der Waals surface area contributed by atoms with Crippen molar-refractivity contribution in [3.05, 3.63) is 64.4 Å². The standard InChI is InChI=1S/C25H25N5O3/c1-15-6-9-18(10-7-15)29-14-17(13-22(29)31)24-27-23(28-33-24)16-8-11-21-20(12-16)26-25(32)30(21)19-4-2-3-5-19/h6-12,17,19H,2-5,13-14H2,1H3,(H,26,32). The van der Waals surface area contributed by atoms with Crippen LogP contribution in [0.1, 0.15) is 55.5 Å². The van der Waals surface area contributed by atoms with Crippen LogP contribution < -0.4 is 10.6 Å². The average Bonchev–Trinajstić information content (AvgIpc) is 3.59. The SMILES string of the molecule is Cc1ccc(N2CC(c3nc(-c4ccc5c(c4)[nH]c(=O)n5C4CCCC4)no3)CC2=O)cc1. The van der Waals surface area contributed by atoms with Gasteiger partial charge in [-0.3, -0.25) is 9.36 Å². The number of imidazole rings is 1. The fourth-order valence-electron chi connectivity index (χ4n) is 5.16. The van der Waals surface area contributed by atoms with E-state index in [0.717, 1.165) is 40.7 Å². The minimum atomic E-state index is -0.146. The molecule has 8 nitrogen and oxygen atoms in total. The third kappa shape index (κ3) is 3.46. The highest BCUT2D eigenvalue weighted by atomic mass is 16.5. The summed E-state index contributed by atoms with van der Waals surface area (Å²) in [6.07, 6.45) is 4.76. The quantitative estimate of drug-likeness (QED) is 0.507. The number of carbonyl (C=O) groups is 1. The zero-order valence-electron chi connectivity index (χ0n) is 18.5. The van der Waals surface area contributed by atoms with E-state index in [4.69, 9.17) is 4.52 Å². The van der Waals surface area contributed by atoms with Crippen LogP contribution in [0, 0.1) is 6.92 Å². The smallest absolute Gasteiger partial charge is 0.326 e. The number of aromatic amines is 1. The Kier molecular flexibility index (Phi) is 4.67. The molecule has 33 heavy (non-hydrogen) atoms. The molecule has 1 aliphatic carbocycles. The van der Waals surface area contributed by atoms with Crippen LogP contribution >= 0.6 is 0 Å². The van der Waals surface area contributed by atoms with Crippen LogP contribution in [0.25, 0.3) is 22.4 Å². The van der Waals surface area contributed by atoms with E-state index in [1.807, 2.05) is 54.0 Å². The Hall–Kier alpha value is -3.68.